The molecule has 0 aromatic rings. The van der Waals surface area contributed by atoms with Crippen molar-refractivity contribution >= 4 is 12.4 Å². The fourth-order valence-corrected chi connectivity index (χ4v) is 5.40. The van der Waals surface area contributed by atoms with Crippen molar-refractivity contribution in [2.24, 2.45) is 15.9 Å². The van der Waals surface area contributed by atoms with Gasteiger partial charge in [-0.05, 0) is 18.8 Å². The summed E-state index contributed by atoms with van der Waals surface area (Å²) in [6.45, 7) is 4.61. The SMILES string of the molecule is CCCCCCCCCCCCCCCC(CCCCCCCCCC)CCC[C+]1N=CC=N1. The molecule has 0 amide bonds. The van der Waals surface area contributed by atoms with Gasteiger partial charge in [-0.3, -0.25) is 0 Å². The highest BCUT2D eigenvalue weighted by molar-refractivity contribution is 6.18. The summed E-state index contributed by atoms with van der Waals surface area (Å²) < 4.78 is 0. The number of hydrogen-bond donors (Lipinski definition) is 0. The Morgan fingerprint density at radius 3 is 1.15 bits per heavy atom. The van der Waals surface area contributed by atoms with Crippen LogP contribution < -0.4 is 0 Å². The van der Waals surface area contributed by atoms with Crippen LogP contribution in [-0.4, -0.2) is 12.4 Å². The highest BCUT2D eigenvalue weighted by Gasteiger charge is 2.17. The molecule has 0 N–H and O–H groups in total. The molecule has 2 nitrogen and oxygen atoms in total. The Morgan fingerprint density at radius 2 is 0.765 bits per heavy atom. The summed E-state index contributed by atoms with van der Waals surface area (Å²) in [7, 11) is 0. The van der Waals surface area contributed by atoms with E-state index in [1.807, 2.05) is 12.4 Å². The second kappa shape index (κ2) is 25.3. The lowest BCUT2D eigenvalue weighted by Crippen LogP contribution is -2.02. The van der Waals surface area contributed by atoms with Crippen LogP contribution in [0.3, 0.4) is 0 Å². The Hall–Kier alpha value is -0.790. The molecule has 0 saturated heterocycles. The lowest BCUT2D eigenvalue weighted by atomic mass is 9.89. The van der Waals surface area contributed by atoms with Gasteiger partial charge < -0.3 is 0 Å². The monoisotopic (exact) mass is 473 g/mol. The minimum absolute atomic E-state index is 0.933. The van der Waals surface area contributed by atoms with E-state index in [1.54, 1.807) is 0 Å². The zero-order valence-electron chi connectivity index (χ0n) is 23.5. The summed E-state index contributed by atoms with van der Waals surface area (Å²) in [4.78, 5) is 8.72. The Bertz CT molecular complexity index is 444. The molecule has 0 spiro atoms. The van der Waals surface area contributed by atoms with Crippen molar-refractivity contribution in [3.63, 3.8) is 0 Å². The minimum Gasteiger partial charge on any atom is -0.0968 e. The van der Waals surface area contributed by atoms with Gasteiger partial charge in [-0.2, -0.15) is 0 Å². The lowest BCUT2D eigenvalue weighted by molar-refractivity contribution is 0.369. The van der Waals surface area contributed by atoms with Crippen molar-refractivity contribution in [2.75, 3.05) is 0 Å². The standard InChI is InChI=1S/C32H61N2/c1-3-5-7-9-11-13-14-15-16-17-19-21-23-26-31(27-24-28-32-33-29-30-34-32)25-22-20-18-12-10-8-6-4-2/h29-31H,3-28H2,1-2H3/q+1. The maximum absolute atomic E-state index is 4.36. The van der Waals surface area contributed by atoms with Crippen molar-refractivity contribution in [1.82, 2.24) is 0 Å². The summed E-state index contributed by atoms with van der Waals surface area (Å²) in [5, 5.41) is 0. The first-order chi connectivity index (χ1) is 16.9. The highest BCUT2D eigenvalue weighted by Crippen LogP contribution is 2.26. The number of hydrogen-bond acceptors (Lipinski definition) is 2. The molecule has 0 aliphatic carbocycles. The molecule has 1 rings (SSSR count). The lowest BCUT2D eigenvalue weighted by Gasteiger charge is -2.17. The molecule has 1 aliphatic rings. The molecule has 0 radical (unpaired) electrons. The van der Waals surface area contributed by atoms with Crippen LogP contribution in [0.25, 0.3) is 0 Å². The van der Waals surface area contributed by atoms with Crippen LogP contribution in [0.4, 0.5) is 0 Å². The molecular weight excluding hydrogens is 412 g/mol. The Morgan fingerprint density at radius 1 is 0.441 bits per heavy atom. The summed E-state index contributed by atoms with van der Waals surface area (Å²) in [5.41, 5.74) is 0. The summed E-state index contributed by atoms with van der Waals surface area (Å²) in [5.74, 6) is 0.933. The van der Waals surface area contributed by atoms with Gasteiger partial charge in [0, 0.05) is 0 Å². The molecule has 34 heavy (non-hydrogen) atoms. The van der Waals surface area contributed by atoms with E-state index in [-0.39, 0.29) is 0 Å². The zero-order valence-corrected chi connectivity index (χ0v) is 23.5. The normalized spacial score (nSPS) is 13.9. The largest absolute Gasteiger partial charge is 0.240 e. The van der Waals surface area contributed by atoms with Crippen LogP contribution in [0.5, 0.6) is 0 Å². The van der Waals surface area contributed by atoms with Crippen LogP contribution in [0, 0.1) is 12.1 Å². The fraction of sp³-hybridized carbons (Fsp3) is 0.906. The first-order valence-electron chi connectivity index (χ1n) is 15.8. The molecule has 0 aromatic heterocycles. The fourth-order valence-electron chi connectivity index (χ4n) is 5.40. The number of aliphatic imine (C=N–C) groups is 2. The Balaban J connectivity index is 2.03. The van der Waals surface area contributed by atoms with Gasteiger partial charge in [-0.25, -0.2) is 0 Å². The van der Waals surface area contributed by atoms with Crippen LogP contribution >= 0.6 is 0 Å². The van der Waals surface area contributed by atoms with Gasteiger partial charge >= 0.3 is 0 Å². The quantitative estimate of drug-likeness (QED) is 0.0836. The van der Waals surface area contributed by atoms with E-state index < -0.39 is 0 Å². The summed E-state index contributed by atoms with van der Waals surface area (Å²) in [6, 6.07) is 0. The molecule has 0 saturated carbocycles. The van der Waals surface area contributed by atoms with Crippen molar-refractivity contribution in [3.8, 4) is 0 Å². The number of unbranched alkanes of at least 4 members (excludes halogenated alkanes) is 19. The second-order valence-electron chi connectivity index (χ2n) is 11.0. The van der Waals surface area contributed by atoms with E-state index in [0.29, 0.717) is 0 Å². The van der Waals surface area contributed by atoms with E-state index in [0.717, 1.165) is 18.5 Å². The van der Waals surface area contributed by atoms with Crippen LogP contribution in [0.15, 0.2) is 9.98 Å². The van der Waals surface area contributed by atoms with E-state index in [4.69, 9.17) is 0 Å². The van der Waals surface area contributed by atoms with Gasteiger partial charge in [0.25, 0.3) is 0 Å². The predicted molar refractivity (Wildman–Crippen MR) is 155 cm³/mol. The van der Waals surface area contributed by atoms with Gasteiger partial charge in [0.05, 0.1) is 6.42 Å². The maximum Gasteiger partial charge on any atom is 0.240 e. The molecule has 198 valence electrons. The van der Waals surface area contributed by atoms with E-state index in [1.165, 1.54) is 161 Å². The van der Waals surface area contributed by atoms with Gasteiger partial charge in [-0.1, -0.05) is 172 Å². The van der Waals surface area contributed by atoms with E-state index >= 15 is 0 Å². The molecule has 1 atom stereocenters. The van der Waals surface area contributed by atoms with E-state index in [2.05, 4.69) is 23.8 Å². The summed E-state index contributed by atoms with van der Waals surface area (Å²) in [6.07, 6.45) is 41.7. The van der Waals surface area contributed by atoms with Crippen molar-refractivity contribution < 1.29 is 0 Å². The third kappa shape index (κ3) is 20.6. The predicted octanol–water partition coefficient (Wildman–Crippen LogP) is 11.4. The molecule has 0 bridgehead atoms. The average Bonchev–Trinajstić information content (AvgIpc) is 3.37. The van der Waals surface area contributed by atoms with Crippen molar-refractivity contribution in [3.05, 3.63) is 6.17 Å². The molecule has 0 fully saturated rings. The smallest absolute Gasteiger partial charge is 0.0968 e. The third-order valence-corrected chi connectivity index (χ3v) is 7.71. The molecule has 0 aromatic carbocycles. The number of rotatable bonds is 27. The Labute approximate surface area is 215 Å². The molecule has 1 aliphatic heterocycles. The minimum atomic E-state index is 0.933. The first kappa shape index (κ1) is 31.2. The number of nitrogens with zero attached hydrogens (tertiary/aromatic N) is 2. The average molecular weight is 474 g/mol. The van der Waals surface area contributed by atoms with Crippen LogP contribution in [0.2, 0.25) is 0 Å². The Kier molecular flexibility index (Phi) is 23.3. The van der Waals surface area contributed by atoms with Crippen molar-refractivity contribution in [2.45, 2.75) is 181 Å². The van der Waals surface area contributed by atoms with E-state index in [9.17, 15) is 0 Å². The van der Waals surface area contributed by atoms with Crippen LogP contribution in [0.1, 0.15) is 181 Å². The summed E-state index contributed by atoms with van der Waals surface area (Å²) >= 11 is 0. The first-order valence-corrected chi connectivity index (χ1v) is 15.8. The third-order valence-electron chi connectivity index (χ3n) is 7.71. The molecule has 1 unspecified atom stereocenters. The van der Waals surface area contributed by atoms with Gasteiger partial charge in [-0.15, -0.1) is 0 Å². The highest BCUT2D eigenvalue weighted by atomic mass is 15.0. The van der Waals surface area contributed by atoms with Gasteiger partial charge in [0.2, 0.25) is 6.17 Å². The molecule has 2 heteroatoms. The topological polar surface area (TPSA) is 24.7 Å². The van der Waals surface area contributed by atoms with Crippen molar-refractivity contribution in [1.29, 1.82) is 0 Å². The van der Waals surface area contributed by atoms with Crippen LogP contribution in [-0.2, 0) is 0 Å². The maximum atomic E-state index is 4.36. The molecular formula is C32H61N2+. The molecule has 1 heterocycles. The second-order valence-corrected chi connectivity index (χ2v) is 11.0. The van der Waals surface area contributed by atoms with Gasteiger partial charge in [0.1, 0.15) is 0 Å². The zero-order chi connectivity index (χ0) is 24.4. The van der Waals surface area contributed by atoms with Gasteiger partial charge in [0.15, 0.2) is 12.4 Å².